The second-order valence-corrected chi connectivity index (χ2v) is 8.87. The predicted molar refractivity (Wildman–Crippen MR) is 127 cm³/mol. The van der Waals surface area contributed by atoms with Crippen molar-refractivity contribution in [3.05, 3.63) is 59.3 Å². The molecule has 0 radical (unpaired) electrons. The van der Waals surface area contributed by atoms with Crippen LogP contribution in [-0.2, 0) is 0 Å². The molecule has 5 rings (SSSR count). The molecule has 10 nitrogen and oxygen atoms in total. The summed E-state index contributed by atoms with van der Waals surface area (Å²) >= 11 is 0. The van der Waals surface area contributed by atoms with Crippen LogP contribution in [0.3, 0.4) is 0 Å². The van der Waals surface area contributed by atoms with Gasteiger partial charge in [-0.1, -0.05) is 5.21 Å². The molecular weight excluding hydrogens is 442 g/mol. The van der Waals surface area contributed by atoms with Crippen molar-refractivity contribution in [3.63, 3.8) is 0 Å². The zero-order valence-electron chi connectivity index (χ0n) is 19.9. The first-order valence-electron chi connectivity index (χ1n) is 11.5. The van der Waals surface area contributed by atoms with Crippen molar-refractivity contribution in [1.82, 2.24) is 34.3 Å². The van der Waals surface area contributed by atoms with Gasteiger partial charge in [-0.25, -0.2) is 9.67 Å². The van der Waals surface area contributed by atoms with Gasteiger partial charge in [0.15, 0.2) is 6.19 Å². The van der Waals surface area contributed by atoms with Crippen LogP contribution in [0, 0.1) is 36.6 Å². The molecular formula is C25H25N9O. The van der Waals surface area contributed by atoms with Crippen molar-refractivity contribution in [1.29, 1.82) is 10.5 Å². The second kappa shape index (κ2) is 9.07. The molecule has 0 aliphatic carbocycles. The fourth-order valence-corrected chi connectivity index (χ4v) is 4.59. The molecule has 4 aromatic rings. The highest BCUT2D eigenvalue weighted by Crippen LogP contribution is 2.32. The van der Waals surface area contributed by atoms with Gasteiger partial charge in [-0.2, -0.15) is 10.5 Å². The number of imidazole rings is 1. The van der Waals surface area contributed by atoms with Gasteiger partial charge in [0.1, 0.15) is 29.2 Å². The summed E-state index contributed by atoms with van der Waals surface area (Å²) in [6.45, 7) is 7.38. The number of rotatable bonds is 5. The molecule has 1 unspecified atom stereocenters. The lowest BCUT2D eigenvalue weighted by Gasteiger charge is -2.28. The van der Waals surface area contributed by atoms with Crippen LogP contribution in [0.5, 0.6) is 5.88 Å². The zero-order valence-corrected chi connectivity index (χ0v) is 19.9. The molecule has 35 heavy (non-hydrogen) atoms. The average Bonchev–Trinajstić information content (AvgIpc) is 3.47. The molecule has 1 aliphatic rings. The Balaban J connectivity index is 1.52. The van der Waals surface area contributed by atoms with Gasteiger partial charge in [0.25, 0.3) is 0 Å². The third-order valence-corrected chi connectivity index (χ3v) is 6.50. The van der Waals surface area contributed by atoms with Crippen molar-refractivity contribution < 1.29 is 4.74 Å². The predicted octanol–water partition coefficient (Wildman–Crippen LogP) is 3.73. The summed E-state index contributed by atoms with van der Waals surface area (Å²) in [6, 6.07) is 8.20. The molecule has 5 heterocycles. The molecule has 0 amide bonds. The smallest absolute Gasteiger partial charge is 0.201 e. The third-order valence-electron chi connectivity index (χ3n) is 6.50. The number of aromatic nitrogens is 6. The topological polar surface area (TPSA) is 121 Å². The standard InChI is InChI=1S/C25H25N9O/c1-16-8-20(13-28-12-16)18(3)35-24-10-19(9-23-29-14-22(11-26)33(23)24)25-17(2)34(31-30-25)21-4-6-32(15-27)7-5-21/h8-10,12-14,18,21H,4-7H2,1-3H3. The summed E-state index contributed by atoms with van der Waals surface area (Å²) in [5.74, 6) is 0.497. The third kappa shape index (κ3) is 4.15. The van der Waals surface area contributed by atoms with Gasteiger partial charge >= 0.3 is 0 Å². The Morgan fingerprint density at radius 3 is 2.60 bits per heavy atom. The number of pyridine rings is 2. The van der Waals surface area contributed by atoms with Crippen LogP contribution in [-0.4, -0.2) is 47.4 Å². The van der Waals surface area contributed by atoms with Gasteiger partial charge in [0, 0.05) is 42.7 Å². The lowest BCUT2D eigenvalue weighted by Crippen LogP contribution is -2.31. The average molecular weight is 468 g/mol. The fourth-order valence-electron chi connectivity index (χ4n) is 4.59. The van der Waals surface area contributed by atoms with Crippen molar-refractivity contribution in [2.24, 2.45) is 0 Å². The second-order valence-electron chi connectivity index (χ2n) is 8.87. The number of hydrogen-bond acceptors (Lipinski definition) is 8. The number of aryl methyl sites for hydroxylation is 1. The lowest BCUT2D eigenvalue weighted by atomic mass is 10.0. The summed E-state index contributed by atoms with van der Waals surface area (Å²) in [5.41, 5.74) is 5.47. The number of hydrogen-bond donors (Lipinski definition) is 0. The van der Waals surface area contributed by atoms with E-state index >= 15 is 0 Å². The first-order valence-corrected chi connectivity index (χ1v) is 11.5. The molecule has 1 saturated heterocycles. The number of fused-ring (bicyclic) bond motifs is 1. The summed E-state index contributed by atoms with van der Waals surface area (Å²) in [4.78, 5) is 10.5. The normalized spacial score (nSPS) is 15.1. The van der Waals surface area contributed by atoms with Crippen LogP contribution in [0.15, 0.2) is 36.8 Å². The van der Waals surface area contributed by atoms with Gasteiger partial charge in [-0.15, -0.1) is 5.10 Å². The highest BCUT2D eigenvalue weighted by molar-refractivity contribution is 5.68. The van der Waals surface area contributed by atoms with Crippen LogP contribution in [0.4, 0.5) is 0 Å². The molecule has 0 saturated carbocycles. The Morgan fingerprint density at radius 2 is 1.89 bits per heavy atom. The fraction of sp³-hybridized carbons (Fsp3) is 0.360. The summed E-state index contributed by atoms with van der Waals surface area (Å²) in [6.07, 6.45) is 8.74. The van der Waals surface area contributed by atoms with Crippen molar-refractivity contribution >= 4 is 5.65 Å². The van der Waals surface area contributed by atoms with E-state index in [0.717, 1.165) is 54.0 Å². The number of piperidine rings is 1. The Bertz CT molecular complexity index is 1460. The van der Waals surface area contributed by atoms with Gasteiger partial charge in [-0.3, -0.25) is 9.38 Å². The Kier molecular flexibility index (Phi) is 5.79. The number of nitrogens with zero attached hydrogens (tertiary/aromatic N) is 9. The van der Waals surface area contributed by atoms with E-state index in [1.54, 1.807) is 21.7 Å². The van der Waals surface area contributed by atoms with Crippen LogP contribution >= 0.6 is 0 Å². The van der Waals surface area contributed by atoms with Crippen LogP contribution in [0.1, 0.15) is 54.4 Å². The van der Waals surface area contributed by atoms with Gasteiger partial charge in [0.05, 0.1) is 17.9 Å². The largest absolute Gasteiger partial charge is 0.471 e. The van der Waals surface area contributed by atoms with E-state index in [4.69, 9.17) is 10.00 Å². The molecule has 1 fully saturated rings. The summed E-state index contributed by atoms with van der Waals surface area (Å²) < 4.78 is 10.0. The first-order chi connectivity index (χ1) is 17.0. The van der Waals surface area contributed by atoms with E-state index in [-0.39, 0.29) is 12.1 Å². The Labute approximate surface area is 203 Å². The van der Waals surface area contributed by atoms with Crippen LogP contribution in [0.2, 0.25) is 0 Å². The monoisotopic (exact) mass is 467 g/mol. The minimum atomic E-state index is -0.295. The highest BCUT2D eigenvalue weighted by Gasteiger charge is 2.24. The minimum absolute atomic E-state index is 0.200. The molecule has 0 aromatic carbocycles. The maximum Gasteiger partial charge on any atom is 0.201 e. The Hall–Kier alpha value is -4.44. The quantitative estimate of drug-likeness (QED) is 0.407. The summed E-state index contributed by atoms with van der Waals surface area (Å²) in [7, 11) is 0. The molecule has 1 aliphatic heterocycles. The van der Waals surface area contributed by atoms with E-state index in [1.165, 1.54) is 6.20 Å². The van der Waals surface area contributed by atoms with E-state index in [2.05, 4.69) is 32.5 Å². The van der Waals surface area contributed by atoms with E-state index in [1.807, 2.05) is 43.7 Å². The summed E-state index contributed by atoms with van der Waals surface area (Å²) in [5, 5.41) is 27.7. The number of nitriles is 2. The van der Waals surface area contributed by atoms with Gasteiger partial charge < -0.3 is 9.64 Å². The highest BCUT2D eigenvalue weighted by atomic mass is 16.5. The van der Waals surface area contributed by atoms with Crippen molar-refractivity contribution in [2.45, 2.75) is 45.8 Å². The maximum atomic E-state index is 9.63. The van der Waals surface area contributed by atoms with Gasteiger partial charge in [-0.05, 0) is 51.3 Å². The van der Waals surface area contributed by atoms with E-state index in [0.29, 0.717) is 17.2 Å². The van der Waals surface area contributed by atoms with Crippen molar-refractivity contribution in [3.8, 4) is 29.4 Å². The van der Waals surface area contributed by atoms with Crippen LogP contribution in [0.25, 0.3) is 16.9 Å². The molecule has 0 spiro atoms. The first kappa shape index (κ1) is 22.4. The lowest BCUT2D eigenvalue weighted by molar-refractivity contribution is 0.214. The number of ether oxygens (including phenoxy) is 1. The zero-order chi connectivity index (χ0) is 24.5. The molecule has 10 heteroatoms. The SMILES string of the molecule is Cc1cncc(C(C)Oc2cc(-c3nnn(C4CCN(C#N)CC4)c3C)cc3ncc(C#N)n23)c1. The Morgan fingerprint density at radius 1 is 1.09 bits per heavy atom. The molecule has 4 aromatic heterocycles. The van der Waals surface area contributed by atoms with E-state index < -0.39 is 0 Å². The maximum absolute atomic E-state index is 9.63. The molecule has 176 valence electrons. The van der Waals surface area contributed by atoms with Crippen LogP contribution < -0.4 is 4.74 Å². The minimum Gasteiger partial charge on any atom is -0.471 e. The number of likely N-dealkylation sites (tertiary alicyclic amines) is 1. The van der Waals surface area contributed by atoms with Gasteiger partial charge in [0.2, 0.25) is 5.88 Å². The van der Waals surface area contributed by atoms with E-state index in [9.17, 15) is 5.26 Å². The molecule has 1 atom stereocenters. The molecule has 0 bridgehead atoms. The molecule has 0 N–H and O–H groups in total. The van der Waals surface area contributed by atoms with Crippen molar-refractivity contribution in [2.75, 3.05) is 13.1 Å².